The number of rotatable bonds is 5. The maximum atomic E-state index is 12.8. The van der Waals surface area contributed by atoms with E-state index in [0.717, 1.165) is 29.3 Å². The monoisotopic (exact) mass is 457 g/mol. The molecule has 0 aliphatic carbocycles. The van der Waals surface area contributed by atoms with E-state index in [1.807, 2.05) is 4.90 Å². The first kappa shape index (κ1) is 21.8. The molecule has 6 nitrogen and oxygen atoms in total. The third kappa shape index (κ3) is 4.45. The molecule has 0 N–H and O–H groups in total. The summed E-state index contributed by atoms with van der Waals surface area (Å²) in [5.74, 6) is 0.0688. The van der Waals surface area contributed by atoms with Crippen LogP contribution in [0.5, 0.6) is 0 Å². The minimum absolute atomic E-state index is 0.0688. The molecule has 4 rings (SSSR count). The molecule has 2 heterocycles. The number of fused-ring (bicyclic) bond motifs is 1. The first-order valence-corrected chi connectivity index (χ1v) is 12.8. The van der Waals surface area contributed by atoms with Crippen LogP contribution in [-0.4, -0.2) is 55.6 Å². The number of hydrogen-bond donors (Lipinski definition) is 0. The summed E-state index contributed by atoms with van der Waals surface area (Å²) in [6.07, 6.45) is 0.280. The smallest absolute Gasteiger partial charge is 0.227 e. The van der Waals surface area contributed by atoms with Gasteiger partial charge in [-0.1, -0.05) is 35.6 Å². The highest BCUT2D eigenvalue weighted by Gasteiger charge is 2.24. The molecule has 3 aromatic rings. The maximum Gasteiger partial charge on any atom is 0.227 e. The summed E-state index contributed by atoms with van der Waals surface area (Å²) in [5, 5.41) is 0.550. The fourth-order valence-electron chi connectivity index (χ4n) is 3.71. The van der Waals surface area contributed by atoms with Crippen molar-refractivity contribution in [1.82, 2.24) is 9.88 Å². The summed E-state index contributed by atoms with van der Waals surface area (Å²) in [4.78, 5) is 22.0. The summed E-state index contributed by atoms with van der Waals surface area (Å²) in [7, 11) is -3.29. The molecule has 1 saturated heterocycles. The van der Waals surface area contributed by atoms with Crippen molar-refractivity contribution in [2.24, 2.45) is 0 Å². The van der Waals surface area contributed by atoms with Crippen LogP contribution in [0.1, 0.15) is 25.0 Å². The Balaban J connectivity index is 1.36. The number of para-hydroxylation sites is 1. The van der Waals surface area contributed by atoms with Gasteiger partial charge >= 0.3 is 0 Å². The lowest BCUT2D eigenvalue weighted by Crippen LogP contribution is -2.49. The van der Waals surface area contributed by atoms with Gasteiger partial charge in [0.15, 0.2) is 15.0 Å². The summed E-state index contributed by atoms with van der Waals surface area (Å²) < 4.78 is 25.7. The van der Waals surface area contributed by atoms with Crippen molar-refractivity contribution in [3.63, 3.8) is 0 Å². The Morgan fingerprint density at radius 3 is 2.35 bits per heavy atom. The zero-order valence-corrected chi connectivity index (χ0v) is 19.7. The van der Waals surface area contributed by atoms with E-state index < -0.39 is 15.1 Å². The van der Waals surface area contributed by atoms with Gasteiger partial charge < -0.3 is 9.80 Å². The Labute approximate surface area is 187 Å². The average Bonchev–Trinajstić information content (AvgIpc) is 3.20. The van der Waals surface area contributed by atoms with Crippen molar-refractivity contribution in [2.45, 2.75) is 37.3 Å². The first-order chi connectivity index (χ1) is 14.8. The second-order valence-electron chi connectivity index (χ2n) is 8.20. The molecule has 0 unspecified atom stereocenters. The Bertz CT molecular complexity index is 1190. The Hall–Kier alpha value is -2.45. The quantitative estimate of drug-likeness (QED) is 0.585. The van der Waals surface area contributed by atoms with Crippen molar-refractivity contribution >= 4 is 42.4 Å². The summed E-state index contributed by atoms with van der Waals surface area (Å²) in [6, 6.07) is 12.9. The highest BCUT2D eigenvalue weighted by molar-refractivity contribution is 7.92. The molecule has 0 saturated carbocycles. The normalized spacial score (nSPS) is 15.1. The number of aromatic nitrogens is 1. The number of carbonyl (C=O) groups excluding carboxylic acids is 1. The first-order valence-electron chi connectivity index (χ1n) is 10.5. The number of thiazole rings is 1. The van der Waals surface area contributed by atoms with Crippen LogP contribution in [0, 0.1) is 6.92 Å². The van der Waals surface area contributed by atoms with E-state index >= 15 is 0 Å². The standard InChI is InChI=1S/C23H27N3O3S2/c1-16(2)31(28,29)19-9-7-18(8-10-19)15-21(27)25-11-13-26(14-12-25)23-24-22-17(3)5-4-6-20(22)30-23/h4-10,16H,11-15H2,1-3H3. The van der Waals surface area contributed by atoms with E-state index in [-0.39, 0.29) is 12.3 Å². The topological polar surface area (TPSA) is 70.6 Å². The van der Waals surface area contributed by atoms with Gasteiger partial charge in [0.1, 0.15) is 0 Å². The summed E-state index contributed by atoms with van der Waals surface area (Å²) in [6.45, 7) is 8.25. The van der Waals surface area contributed by atoms with E-state index in [1.54, 1.807) is 49.4 Å². The van der Waals surface area contributed by atoms with Crippen LogP contribution in [0.2, 0.25) is 0 Å². The van der Waals surface area contributed by atoms with E-state index in [4.69, 9.17) is 4.98 Å². The van der Waals surface area contributed by atoms with E-state index in [9.17, 15) is 13.2 Å². The van der Waals surface area contributed by atoms with E-state index in [1.165, 1.54) is 10.3 Å². The Morgan fingerprint density at radius 1 is 1.06 bits per heavy atom. The highest BCUT2D eigenvalue weighted by Crippen LogP contribution is 2.31. The van der Waals surface area contributed by atoms with Crippen molar-refractivity contribution in [2.75, 3.05) is 31.1 Å². The van der Waals surface area contributed by atoms with Crippen LogP contribution >= 0.6 is 11.3 Å². The third-order valence-corrected chi connectivity index (χ3v) is 8.99. The molecule has 1 aliphatic heterocycles. The largest absolute Gasteiger partial charge is 0.345 e. The number of carbonyl (C=O) groups is 1. The van der Waals surface area contributed by atoms with Crippen molar-refractivity contribution in [3.05, 3.63) is 53.6 Å². The molecule has 0 spiro atoms. The molecule has 8 heteroatoms. The molecule has 1 amide bonds. The molecular formula is C23H27N3O3S2. The van der Waals surface area contributed by atoms with Gasteiger partial charge in [0.05, 0.1) is 26.8 Å². The van der Waals surface area contributed by atoms with Crippen molar-refractivity contribution in [3.8, 4) is 0 Å². The molecule has 0 atom stereocenters. The molecule has 2 aromatic carbocycles. The van der Waals surface area contributed by atoms with Gasteiger partial charge in [-0.25, -0.2) is 13.4 Å². The van der Waals surface area contributed by atoms with Crippen LogP contribution in [-0.2, 0) is 21.1 Å². The zero-order chi connectivity index (χ0) is 22.2. The van der Waals surface area contributed by atoms with Gasteiger partial charge in [-0.3, -0.25) is 4.79 Å². The van der Waals surface area contributed by atoms with Gasteiger partial charge in [-0.2, -0.15) is 0 Å². The van der Waals surface area contributed by atoms with Crippen LogP contribution < -0.4 is 4.90 Å². The fraction of sp³-hybridized carbons (Fsp3) is 0.391. The minimum atomic E-state index is -3.29. The number of benzene rings is 2. The van der Waals surface area contributed by atoms with Crippen molar-refractivity contribution in [1.29, 1.82) is 0 Å². The second kappa shape index (κ2) is 8.59. The van der Waals surface area contributed by atoms with Gasteiger partial charge in [-0.15, -0.1) is 0 Å². The number of amides is 1. The fourth-order valence-corrected chi connectivity index (χ4v) is 5.87. The lowest BCUT2D eigenvalue weighted by atomic mass is 10.1. The molecular weight excluding hydrogens is 430 g/mol. The molecule has 1 fully saturated rings. The molecule has 0 bridgehead atoms. The van der Waals surface area contributed by atoms with Crippen LogP contribution in [0.4, 0.5) is 5.13 Å². The van der Waals surface area contributed by atoms with Gasteiger partial charge in [-0.05, 0) is 50.1 Å². The van der Waals surface area contributed by atoms with Crippen LogP contribution in [0.3, 0.4) is 0 Å². The SMILES string of the molecule is Cc1cccc2sc(N3CCN(C(=O)Cc4ccc(S(=O)(=O)C(C)C)cc4)CC3)nc12. The summed E-state index contributed by atoms with van der Waals surface area (Å²) >= 11 is 1.70. The number of anilines is 1. The number of aryl methyl sites for hydroxylation is 1. The predicted molar refractivity (Wildman–Crippen MR) is 126 cm³/mol. The second-order valence-corrected chi connectivity index (χ2v) is 11.7. The number of hydrogen-bond acceptors (Lipinski definition) is 6. The van der Waals surface area contributed by atoms with Crippen LogP contribution in [0.15, 0.2) is 47.4 Å². The molecule has 164 valence electrons. The minimum Gasteiger partial charge on any atom is -0.345 e. The van der Waals surface area contributed by atoms with Gasteiger partial charge in [0.25, 0.3) is 0 Å². The number of nitrogens with zero attached hydrogens (tertiary/aromatic N) is 3. The lowest BCUT2D eigenvalue weighted by molar-refractivity contribution is -0.130. The predicted octanol–water partition coefficient (Wildman–Crippen LogP) is 3.68. The summed E-state index contributed by atoms with van der Waals surface area (Å²) in [5.41, 5.74) is 3.07. The molecule has 1 aromatic heterocycles. The van der Waals surface area contributed by atoms with Gasteiger partial charge in [0.2, 0.25) is 5.91 Å². The average molecular weight is 458 g/mol. The molecule has 31 heavy (non-hydrogen) atoms. The highest BCUT2D eigenvalue weighted by atomic mass is 32.2. The number of piperazine rings is 1. The Morgan fingerprint density at radius 2 is 1.74 bits per heavy atom. The zero-order valence-electron chi connectivity index (χ0n) is 18.0. The van der Waals surface area contributed by atoms with Crippen LogP contribution in [0.25, 0.3) is 10.2 Å². The molecule has 0 radical (unpaired) electrons. The number of sulfone groups is 1. The Kier molecular flexibility index (Phi) is 6.03. The molecule has 1 aliphatic rings. The van der Waals surface area contributed by atoms with Crippen molar-refractivity contribution < 1.29 is 13.2 Å². The third-order valence-electron chi connectivity index (χ3n) is 5.74. The van der Waals surface area contributed by atoms with E-state index in [2.05, 4.69) is 30.0 Å². The lowest BCUT2D eigenvalue weighted by Gasteiger charge is -2.34. The van der Waals surface area contributed by atoms with Gasteiger partial charge in [0, 0.05) is 26.2 Å². The maximum absolute atomic E-state index is 12.8. The van der Waals surface area contributed by atoms with E-state index in [0.29, 0.717) is 18.0 Å².